The molecule has 200 valence electrons. The Kier molecular flexibility index (Phi) is 10.3. The van der Waals surface area contributed by atoms with E-state index in [1.807, 2.05) is 0 Å². The Morgan fingerprint density at radius 1 is 0.595 bits per heavy atom. The zero-order valence-corrected chi connectivity index (χ0v) is 24.5. The molecule has 3 nitrogen and oxygen atoms in total. The summed E-state index contributed by atoms with van der Waals surface area (Å²) < 4.78 is 10.8. The quantitative estimate of drug-likeness (QED) is 0.181. The highest BCUT2D eigenvalue weighted by atomic mass is 16.5. The summed E-state index contributed by atoms with van der Waals surface area (Å²) in [6.45, 7) is 18.8. The first-order chi connectivity index (χ1) is 17.6. The summed E-state index contributed by atoms with van der Waals surface area (Å²) in [4.78, 5) is 0. The molecule has 2 aromatic heterocycles. The van der Waals surface area contributed by atoms with Crippen molar-refractivity contribution in [3.8, 4) is 16.9 Å². The molecular weight excluding hydrogens is 452 g/mol. The summed E-state index contributed by atoms with van der Waals surface area (Å²) in [6, 6.07) is 15.7. The Hall–Kier alpha value is -2.68. The fraction of sp³-hybridized carbons (Fsp3) is 0.529. The van der Waals surface area contributed by atoms with Crippen molar-refractivity contribution in [1.29, 1.82) is 0 Å². The van der Waals surface area contributed by atoms with E-state index in [0.717, 1.165) is 44.7 Å². The molecule has 3 aromatic rings. The fourth-order valence-electron chi connectivity index (χ4n) is 4.45. The Labute approximate surface area is 226 Å². The standard InChI is InChI=1S/C34H50N2O/c1-8-9-11-18-35-20-14-28(15-21-35)29-16-22-36(23-17-29)19-12-10-13-24-37-32-26-30(33(2,3)4)25-31(27-32)34(5,6)7/h14-17,20-23,25-27H,8-13,18-19,24H2,1-7H3/q+2. The van der Waals surface area contributed by atoms with Crippen molar-refractivity contribution in [2.45, 2.75) is 111 Å². The van der Waals surface area contributed by atoms with Gasteiger partial charge in [0.15, 0.2) is 24.8 Å². The van der Waals surface area contributed by atoms with E-state index in [0.29, 0.717) is 0 Å². The molecule has 0 unspecified atom stereocenters. The third-order valence-electron chi connectivity index (χ3n) is 7.10. The molecule has 1 aromatic carbocycles. The van der Waals surface area contributed by atoms with E-state index < -0.39 is 0 Å². The van der Waals surface area contributed by atoms with Crippen LogP contribution in [-0.2, 0) is 23.9 Å². The van der Waals surface area contributed by atoms with Crippen LogP contribution < -0.4 is 13.9 Å². The Bertz CT molecular complexity index is 1050. The van der Waals surface area contributed by atoms with Crippen molar-refractivity contribution in [1.82, 2.24) is 0 Å². The number of rotatable bonds is 12. The van der Waals surface area contributed by atoms with Crippen LogP contribution in [0, 0.1) is 0 Å². The average molecular weight is 503 g/mol. The van der Waals surface area contributed by atoms with Gasteiger partial charge in [-0.3, -0.25) is 0 Å². The highest BCUT2D eigenvalue weighted by molar-refractivity contribution is 5.60. The number of hydrogen-bond donors (Lipinski definition) is 0. The van der Waals surface area contributed by atoms with Gasteiger partial charge in [-0.2, -0.15) is 0 Å². The highest BCUT2D eigenvalue weighted by Crippen LogP contribution is 2.33. The van der Waals surface area contributed by atoms with Crippen molar-refractivity contribution in [2.24, 2.45) is 0 Å². The molecule has 3 heteroatoms. The molecule has 0 aliphatic rings. The summed E-state index contributed by atoms with van der Waals surface area (Å²) in [7, 11) is 0. The zero-order valence-electron chi connectivity index (χ0n) is 24.5. The second kappa shape index (κ2) is 13.2. The molecule has 0 saturated heterocycles. The number of unbranched alkanes of at least 4 members (excludes halogenated alkanes) is 4. The first-order valence-corrected chi connectivity index (χ1v) is 14.3. The van der Waals surface area contributed by atoms with E-state index >= 15 is 0 Å². The lowest BCUT2D eigenvalue weighted by Gasteiger charge is -2.26. The SMILES string of the molecule is CCCCC[n+]1ccc(-c2cc[n+](CCCCCOc3cc(C(C)(C)C)cc(C(C)(C)C)c3)cc2)cc1. The van der Waals surface area contributed by atoms with Crippen LogP contribution >= 0.6 is 0 Å². The second-order valence-corrected chi connectivity index (χ2v) is 12.5. The van der Waals surface area contributed by atoms with Crippen LogP contribution in [0.15, 0.2) is 67.3 Å². The summed E-state index contributed by atoms with van der Waals surface area (Å²) in [6.07, 6.45) is 16.0. The predicted molar refractivity (Wildman–Crippen MR) is 155 cm³/mol. The van der Waals surface area contributed by atoms with Crippen molar-refractivity contribution in [2.75, 3.05) is 6.61 Å². The van der Waals surface area contributed by atoms with Gasteiger partial charge in [-0.1, -0.05) is 61.0 Å². The Balaban J connectivity index is 1.43. The van der Waals surface area contributed by atoms with E-state index in [4.69, 9.17) is 4.74 Å². The van der Waals surface area contributed by atoms with Gasteiger partial charge in [0.1, 0.15) is 18.8 Å². The summed E-state index contributed by atoms with van der Waals surface area (Å²) in [5.74, 6) is 1.01. The topological polar surface area (TPSA) is 17.0 Å². The van der Waals surface area contributed by atoms with Crippen LogP contribution in [0.4, 0.5) is 0 Å². The number of pyridine rings is 2. The number of aryl methyl sites for hydroxylation is 2. The van der Waals surface area contributed by atoms with Crippen LogP contribution in [0.3, 0.4) is 0 Å². The molecule has 0 atom stereocenters. The van der Waals surface area contributed by atoms with E-state index in [1.54, 1.807) is 0 Å². The first-order valence-electron chi connectivity index (χ1n) is 14.3. The lowest BCUT2D eigenvalue weighted by molar-refractivity contribution is -0.697. The maximum atomic E-state index is 6.22. The predicted octanol–water partition coefficient (Wildman–Crippen LogP) is 7.96. The monoisotopic (exact) mass is 502 g/mol. The minimum Gasteiger partial charge on any atom is -0.494 e. The van der Waals surface area contributed by atoms with Crippen molar-refractivity contribution in [3.63, 3.8) is 0 Å². The average Bonchev–Trinajstić information content (AvgIpc) is 2.86. The van der Waals surface area contributed by atoms with Gasteiger partial charge in [-0.15, -0.1) is 0 Å². The Morgan fingerprint density at radius 2 is 1.05 bits per heavy atom. The van der Waals surface area contributed by atoms with Crippen LogP contribution in [-0.4, -0.2) is 6.61 Å². The van der Waals surface area contributed by atoms with Crippen LogP contribution in [0.5, 0.6) is 5.75 Å². The van der Waals surface area contributed by atoms with Gasteiger partial charge in [0.25, 0.3) is 0 Å². The summed E-state index contributed by atoms with van der Waals surface area (Å²) in [5, 5.41) is 0. The van der Waals surface area contributed by atoms with Gasteiger partial charge in [0.2, 0.25) is 0 Å². The van der Waals surface area contributed by atoms with Crippen molar-refractivity contribution < 1.29 is 13.9 Å². The number of hydrogen-bond acceptors (Lipinski definition) is 1. The number of benzene rings is 1. The maximum absolute atomic E-state index is 6.22. The molecule has 0 spiro atoms. The third-order valence-corrected chi connectivity index (χ3v) is 7.10. The molecule has 0 bridgehead atoms. The second-order valence-electron chi connectivity index (χ2n) is 12.5. The van der Waals surface area contributed by atoms with Gasteiger partial charge in [-0.05, 0) is 64.5 Å². The van der Waals surface area contributed by atoms with E-state index in [-0.39, 0.29) is 10.8 Å². The minimum absolute atomic E-state index is 0.114. The Morgan fingerprint density at radius 3 is 1.49 bits per heavy atom. The van der Waals surface area contributed by atoms with Crippen molar-refractivity contribution in [3.05, 3.63) is 78.4 Å². The lowest BCUT2D eigenvalue weighted by Crippen LogP contribution is -2.33. The van der Waals surface area contributed by atoms with E-state index in [2.05, 4.69) is 125 Å². The first kappa shape index (κ1) is 28.9. The van der Waals surface area contributed by atoms with Crippen LogP contribution in [0.2, 0.25) is 0 Å². The van der Waals surface area contributed by atoms with Crippen molar-refractivity contribution >= 4 is 0 Å². The highest BCUT2D eigenvalue weighted by Gasteiger charge is 2.21. The molecule has 0 aliphatic carbocycles. The third kappa shape index (κ3) is 9.29. The molecule has 0 fully saturated rings. The molecule has 0 aliphatic heterocycles. The van der Waals surface area contributed by atoms with Gasteiger partial charge in [-0.25, -0.2) is 9.13 Å². The fourth-order valence-corrected chi connectivity index (χ4v) is 4.45. The normalized spacial score (nSPS) is 12.1. The number of aromatic nitrogens is 2. The molecule has 0 amide bonds. The maximum Gasteiger partial charge on any atom is 0.169 e. The minimum atomic E-state index is 0.114. The molecule has 0 radical (unpaired) electrons. The molecule has 37 heavy (non-hydrogen) atoms. The summed E-state index contributed by atoms with van der Waals surface area (Å²) >= 11 is 0. The molecule has 2 heterocycles. The number of ether oxygens (including phenoxy) is 1. The smallest absolute Gasteiger partial charge is 0.169 e. The zero-order chi connectivity index (χ0) is 26.9. The molecule has 0 saturated carbocycles. The number of nitrogens with zero attached hydrogens (tertiary/aromatic N) is 2. The van der Waals surface area contributed by atoms with Gasteiger partial charge in [0.05, 0.1) is 6.61 Å². The molecular formula is C34H50N2O+2. The summed E-state index contributed by atoms with van der Waals surface area (Å²) in [5.41, 5.74) is 5.47. The van der Waals surface area contributed by atoms with Gasteiger partial charge in [0, 0.05) is 37.1 Å². The van der Waals surface area contributed by atoms with E-state index in [9.17, 15) is 0 Å². The molecule has 0 N–H and O–H groups in total. The van der Waals surface area contributed by atoms with Crippen LogP contribution in [0.25, 0.3) is 11.1 Å². The largest absolute Gasteiger partial charge is 0.494 e. The van der Waals surface area contributed by atoms with Gasteiger partial charge >= 0.3 is 0 Å². The molecule has 3 rings (SSSR count). The van der Waals surface area contributed by atoms with Gasteiger partial charge < -0.3 is 4.74 Å². The van der Waals surface area contributed by atoms with Crippen LogP contribution in [0.1, 0.15) is 98.1 Å². The van der Waals surface area contributed by atoms with E-state index in [1.165, 1.54) is 41.5 Å². The lowest BCUT2D eigenvalue weighted by atomic mass is 9.80.